The lowest BCUT2D eigenvalue weighted by molar-refractivity contribution is -0.0312. The second kappa shape index (κ2) is 6.29. The number of aliphatic hydroxyl groups is 1. The van der Waals surface area contributed by atoms with Crippen LogP contribution in [0.2, 0.25) is 0 Å². The number of allylic oxidation sites excluding steroid dienone is 1. The first-order valence-corrected chi connectivity index (χ1v) is 9.99. The maximum absolute atomic E-state index is 13.5. The van der Waals surface area contributed by atoms with Crippen LogP contribution >= 0.6 is 0 Å². The number of aliphatic hydroxyl groups excluding tert-OH is 1. The van der Waals surface area contributed by atoms with Crippen LogP contribution in [0, 0.1) is 11.3 Å². The van der Waals surface area contributed by atoms with Crippen molar-refractivity contribution in [3.8, 4) is 0 Å². The molecule has 6 heteroatoms. The summed E-state index contributed by atoms with van der Waals surface area (Å²) in [6.45, 7) is 8.29. The van der Waals surface area contributed by atoms with E-state index in [1.54, 1.807) is 7.11 Å². The van der Waals surface area contributed by atoms with Gasteiger partial charge in [-0.15, -0.1) is 0 Å². The van der Waals surface area contributed by atoms with Crippen LogP contribution in [0.15, 0.2) is 21.8 Å². The van der Waals surface area contributed by atoms with E-state index in [0.717, 1.165) is 12.0 Å². The molecule has 6 nitrogen and oxygen atoms in total. The van der Waals surface area contributed by atoms with Crippen molar-refractivity contribution < 1.29 is 28.6 Å². The van der Waals surface area contributed by atoms with Gasteiger partial charge in [0.1, 0.15) is 17.9 Å². The molecule has 0 saturated carbocycles. The highest BCUT2D eigenvalue weighted by atomic mass is 16.6. The third-order valence-corrected chi connectivity index (χ3v) is 7.63. The third kappa shape index (κ3) is 2.22. The van der Waals surface area contributed by atoms with Gasteiger partial charge in [0.15, 0.2) is 5.76 Å². The van der Waals surface area contributed by atoms with Crippen molar-refractivity contribution in [2.24, 2.45) is 11.3 Å². The second-order valence-corrected chi connectivity index (χ2v) is 8.78. The monoisotopic (exact) mass is 388 g/mol. The molecule has 1 aromatic rings. The van der Waals surface area contributed by atoms with Gasteiger partial charge in [-0.2, -0.15) is 0 Å². The number of carbonyl (C=O) groups excluding carboxylic acids is 2. The van der Waals surface area contributed by atoms with Crippen molar-refractivity contribution in [3.63, 3.8) is 0 Å². The molecule has 28 heavy (non-hydrogen) atoms. The molecule has 152 valence electrons. The normalized spacial score (nSPS) is 35.4. The minimum absolute atomic E-state index is 0.141. The molecular formula is C22H28O6. The highest BCUT2D eigenvalue weighted by Crippen LogP contribution is 2.58. The summed E-state index contributed by atoms with van der Waals surface area (Å²) in [5, 5.41) is 10.7. The maximum Gasteiger partial charge on any atom is 0.342 e. The Labute approximate surface area is 164 Å². The van der Waals surface area contributed by atoms with E-state index in [-0.39, 0.29) is 24.1 Å². The summed E-state index contributed by atoms with van der Waals surface area (Å²) in [6.07, 6.45) is 2.38. The first kappa shape index (κ1) is 19.4. The molecule has 0 spiro atoms. The minimum Gasteiger partial charge on any atom is -0.460 e. The molecule has 4 rings (SSSR count). The Hall–Kier alpha value is -1.92. The number of ketones is 1. The molecule has 3 aliphatic rings. The van der Waals surface area contributed by atoms with Crippen molar-refractivity contribution in [3.05, 3.63) is 34.3 Å². The molecule has 0 fully saturated rings. The Morgan fingerprint density at radius 1 is 1.36 bits per heavy atom. The number of ether oxygens (including phenoxy) is 2. The molecule has 1 aliphatic heterocycles. The lowest BCUT2D eigenvalue weighted by atomic mass is 9.53. The van der Waals surface area contributed by atoms with Crippen LogP contribution in [-0.4, -0.2) is 42.8 Å². The average Bonchev–Trinajstić information content (AvgIpc) is 3.13. The maximum atomic E-state index is 13.5. The van der Waals surface area contributed by atoms with E-state index in [1.807, 2.05) is 20.8 Å². The summed E-state index contributed by atoms with van der Waals surface area (Å²) in [4.78, 5) is 25.9. The fourth-order valence-corrected chi connectivity index (χ4v) is 5.61. The van der Waals surface area contributed by atoms with Gasteiger partial charge >= 0.3 is 5.97 Å². The lowest BCUT2D eigenvalue weighted by Crippen LogP contribution is -2.54. The van der Waals surface area contributed by atoms with E-state index >= 15 is 0 Å². The van der Waals surface area contributed by atoms with Gasteiger partial charge in [-0.3, -0.25) is 4.79 Å². The van der Waals surface area contributed by atoms with E-state index < -0.39 is 29.0 Å². The van der Waals surface area contributed by atoms with Crippen LogP contribution in [0.25, 0.3) is 0 Å². The fraction of sp³-hybridized carbons (Fsp3) is 0.636. The Kier molecular flexibility index (Phi) is 4.36. The standard InChI is InChI=1S/C22H28O6/c1-6-14(23)21(3)8-7-13-16(11(21)2)18(24)19-17-12(9-27-19)20(25)28-15(10-26-5)22(13,17)4/h9,11,14-15,23H,6-8,10H2,1-5H3/t11-,14?,15+,21?,22?/m0/s1. The van der Waals surface area contributed by atoms with Gasteiger partial charge in [0.25, 0.3) is 0 Å². The number of furan rings is 1. The highest BCUT2D eigenvalue weighted by molar-refractivity contribution is 6.13. The first-order chi connectivity index (χ1) is 13.2. The molecule has 0 saturated heterocycles. The van der Waals surface area contributed by atoms with E-state index in [1.165, 1.54) is 6.26 Å². The van der Waals surface area contributed by atoms with E-state index in [0.29, 0.717) is 29.5 Å². The summed E-state index contributed by atoms with van der Waals surface area (Å²) in [7, 11) is 1.57. The number of cyclic esters (lactones) is 1. The zero-order valence-corrected chi connectivity index (χ0v) is 17.1. The van der Waals surface area contributed by atoms with Crippen molar-refractivity contribution in [2.45, 2.75) is 64.6 Å². The molecule has 2 aliphatic carbocycles. The van der Waals surface area contributed by atoms with Crippen LogP contribution in [0.1, 0.15) is 73.4 Å². The van der Waals surface area contributed by atoms with Gasteiger partial charge < -0.3 is 19.0 Å². The molecule has 0 amide bonds. The Bertz CT molecular complexity index is 880. The van der Waals surface area contributed by atoms with Crippen LogP contribution in [0.5, 0.6) is 0 Å². The quantitative estimate of drug-likeness (QED) is 0.796. The third-order valence-electron chi connectivity index (χ3n) is 7.63. The number of fused-ring (bicyclic) bond motifs is 1. The van der Waals surface area contributed by atoms with Crippen LogP contribution < -0.4 is 0 Å². The van der Waals surface area contributed by atoms with Gasteiger partial charge in [0.05, 0.1) is 18.1 Å². The summed E-state index contributed by atoms with van der Waals surface area (Å²) in [5.41, 5.74) is 1.61. The van der Waals surface area contributed by atoms with Gasteiger partial charge in [-0.1, -0.05) is 20.8 Å². The summed E-state index contributed by atoms with van der Waals surface area (Å²) in [6, 6.07) is 0. The first-order valence-electron chi connectivity index (χ1n) is 9.99. The zero-order valence-electron chi connectivity index (χ0n) is 17.1. The molecule has 0 radical (unpaired) electrons. The zero-order chi connectivity index (χ0) is 20.4. The number of esters is 1. The largest absolute Gasteiger partial charge is 0.460 e. The number of rotatable bonds is 4. The number of carbonyl (C=O) groups is 2. The van der Waals surface area contributed by atoms with Gasteiger partial charge in [-0.25, -0.2) is 4.79 Å². The summed E-state index contributed by atoms with van der Waals surface area (Å²) >= 11 is 0. The smallest absolute Gasteiger partial charge is 0.342 e. The second-order valence-electron chi connectivity index (χ2n) is 8.78. The van der Waals surface area contributed by atoms with Crippen molar-refractivity contribution in [1.82, 2.24) is 0 Å². The number of methoxy groups -OCH3 is 1. The predicted molar refractivity (Wildman–Crippen MR) is 101 cm³/mol. The Balaban J connectivity index is 1.95. The lowest BCUT2D eigenvalue weighted by Gasteiger charge is -2.52. The van der Waals surface area contributed by atoms with Crippen LogP contribution in [0.4, 0.5) is 0 Å². The summed E-state index contributed by atoms with van der Waals surface area (Å²) in [5.74, 6) is -0.549. The molecule has 1 aromatic heterocycles. The molecule has 0 bridgehead atoms. The van der Waals surface area contributed by atoms with Gasteiger partial charge in [0.2, 0.25) is 5.78 Å². The van der Waals surface area contributed by atoms with Gasteiger partial charge in [-0.05, 0) is 37.7 Å². The van der Waals surface area contributed by atoms with E-state index in [2.05, 4.69) is 6.92 Å². The van der Waals surface area contributed by atoms with E-state index in [9.17, 15) is 14.7 Å². The predicted octanol–water partition coefficient (Wildman–Crippen LogP) is 3.42. The molecule has 1 N–H and O–H groups in total. The van der Waals surface area contributed by atoms with E-state index in [4.69, 9.17) is 13.9 Å². The van der Waals surface area contributed by atoms with Crippen molar-refractivity contribution in [1.29, 1.82) is 0 Å². The number of Topliss-reactive ketones (excluding diaryl/α,β-unsaturated/α-hetero) is 1. The highest BCUT2D eigenvalue weighted by Gasteiger charge is 2.59. The molecule has 2 heterocycles. The molecule has 3 unspecified atom stereocenters. The average molecular weight is 388 g/mol. The fourth-order valence-electron chi connectivity index (χ4n) is 5.61. The minimum atomic E-state index is -0.669. The Morgan fingerprint density at radius 2 is 2.07 bits per heavy atom. The Morgan fingerprint density at radius 3 is 2.71 bits per heavy atom. The SMILES string of the molecule is CCC(O)C1(C)CCC2=C(C(=O)c3occ4c3C2(C)[C@@H](COC)OC4=O)[C@@H]1C. The van der Waals surface area contributed by atoms with Crippen LogP contribution in [-0.2, 0) is 14.9 Å². The summed E-state index contributed by atoms with van der Waals surface area (Å²) < 4.78 is 16.7. The number of hydrogen-bond acceptors (Lipinski definition) is 6. The topological polar surface area (TPSA) is 86.0 Å². The van der Waals surface area contributed by atoms with Crippen molar-refractivity contribution >= 4 is 11.8 Å². The van der Waals surface area contributed by atoms with Crippen LogP contribution in [0.3, 0.4) is 0 Å². The number of hydrogen-bond donors (Lipinski definition) is 1. The molecule has 5 atom stereocenters. The van der Waals surface area contributed by atoms with Crippen molar-refractivity contribution in [2.75, 3.05) is 13.7 Å². The van der Waals surface area contributed by atoms with Gasteiger partial charge in [0, 0.05) is 23.7 Å². The molecular weight excluding hydrogens is 360 g/mol. The molecule has 0 aromatic carbocycles.